The molecule has 0 aliphatic rings. The molecule has 0 heterocycles. The molecule has 0 spiro atoms. The maximum atomic E-state index is 12.2. The summed E-state index contributed by atoms with van der Waals surface area (Å²) in [7, 11) is -3.51. The maximum Gasteiger partial charge on any atom is 0.251 e. The van der Waals surface area contributed by atoms with E-state index in [4.69, 9.17) is 11.6 Å². The third-order valence-corrected chi connectivity index (χ3v) is 5.49. The van der Waals surface area contributed by atoms with Crippen LogP contribution in [-0.4, -0.2) is 26.6 Å². The minimum Gasteiger partial charge on any atom is -0.352 e. The molecule has 0 unspecified atom stereocenters. The van der Waals surface area contributed by atoms with Gasteiger partial charge >= 0.3 is 0 Å². The number of aryl methyl sites for hydroxylation is 1. The molecule has 0 radical (unpaired) electrons. The van der Waals surface area contributed by atoms with E-state index < -0.39 is 10.0 Å². The summed E-state index contributed by atoms with van der Waals surface area (Å²) < 4.78 is 27.0. The van der Waals surface area contributed by atoms with Gasteiger partial charge in [0.2, 0.25) is 10.0 Å². The van der Waals surface area contributed by atoms with Crippen LogP contribution in [0.3, 0.4) is 0 Å². The van der Waals surface area contributed by atoms with Crippen molar-refractivity contribution >= 4 is 33.2 Å². The second kappa shape index (κ2) is 9.59. The van der Waals surface area contributed by atoms with Crippen molar-refractivity contribution in [1.82, 2.24) is 5.32 Å². The molecule has 1 amide bonds. The smallest absolute Gasteiger partial charge is 0.251 e. The van der Waals surface area contributed by atoms with E-state index in [9.17, 15) is 13.2 Å². The molecular weight excluding hydrogens is 372 g/mol. The number of carbonyl (C=O) groups is 1. The van der Waals surface area contributed by atoms with Crippen LogP contribution in [0.5, 0.6) is 0 Å². The molecule has 140 valence electrons. The van der Waals surface area contributed by atoms with Gasteiger partial charge in [-0.1, -0.05) is 43.1 Å². The molecule has 26 heavy (non-hydrogen) atoms. The van der Waals surface area contributed by atoms with Gasteiger partial charge < -0.3 is 5.32 Å². The minimum atomic E-state index is -3.51. The Labute approximate surface area is 159 Å². The number of unbranched alkanes of at least 4 members (excludes halogenated alkanes) is 1. The molecule has 0 saturated carbocycles. The molecule has 0 aliphatic heterocycles. The van der Waals surface area contributed by atoms with Crippen LogP contribution in [0.15, 0.2) is 48.5 Å². The zero-order valence-corrected chi connectivity index (χ0v) is 16.2. The Balaban J connectivity index is 1.92. The van der Waals surface area contributed by atoms with Crippen LogP contribution < -0.4 is 10.0 Å². The van der Waals surface area contributed by atoms with Crippen molar-refractivity contribution in [2.75, 3.05) is 17.0 Å². The molecule has 2 rings (SSSR count). The van der Waals surface area contributed by atoms with Crippen LogP contribution in [0.1, 0.15) is 35.7 Å². The van der Waals surface area contributed by atoms with E-state index in [1.54, 1.807) is 36.4 Å². The normalized spacial score (nSPS) is 11.2. The highest BCUT2D eigenvalue weighted by Gasteiger charge is 2.12. The topological polar surface area (TPSA) is 75.3 Å². The fourth-order valence-electron chi connectivity index (χ4n) is 2.35. The first-order chi connectivity index (χ1) is 12.4. The third-order valence-electron chi connectivity index (χ3n) is 3.83. The zero-order chi connectivity index (χ0) is 19.0. The van der Waals surface area contributed by atoms with Crippen molar-refractivity contribution < 1.29 is 13.2 Å². The van der Waals surface area contributed by atoms with E-state index >= 15 is 0 Å². The van der Waals surface area contributed by atoms with Gasteiger partial charge in [-0.3, -0.25) is 9.52 Å². The van der Waals surface area contributed by atoms with Crippen LogP contribution in [0.2, 0.25) is 5.02 Å². The highest BCUT2D eigenvalue weighted by Crippen LogP contribution is 2.17. The quantitative estimate of drug-likeness (QED) is 0.634. The van der Waals surface area contributed by atoms with Gasteiger partial charge in [0.05, 0.1) is 5.75 Å². The molecule has 0 aliphatic carbocycles. The molecule has 0 aromatic heterocycles. The Hall–Kier alpha value is -2.05. The van der Waals surface area contributed by atoms with Gasteiger partial charge in [0.25, 0.3) is 5.91 Å². The number of hydrogen-bond donors (Lipinski definition) is 2. The molecule has 0 atom stereocenters. The van der Waals surface area contributed by atoms with E-state index in [0.29, 0.717) is 29.2 Å². The summed E-state index contributed by atoms with van der Waals surface area (Å²) in [4.78, 5) is 11.9. The van der Waals surface area contributed by atoms with Crippen molar-refractivity contribution in [2.24, 2.45) is 0 Å². The van der Waals surface area contributed by atoms with E-state index in [1.807, 2.05) is 12.1 Å². The average molecular weight is 395 g/mol. The summed E-state index contributed by atoms with van der Waals surface area (Å²) in [6, 6.07) is 13.6. The predicted octanol–water partition coefficient (Wildman–Crippen LogP) is 3.85. The summed E-state index contributed by atoms with van der Waals surface area (Å²) in [5.41, 5.74) is 1.72. The fraction of sp³-hybridized carbons (Fsp3) is 0.316. The largest absolute Gasteiger partial charge is 0.352 e. The predicted molar refractivity (Wildman–Crippen MR) is 106 cm³/mol. The molecular formula is C19H23ClN2O3S. The van der Waals surface area contributed by atoms with Crippen LogP contribution in [0.25, 0.3) is 0 Å². The summed E-state index contributed by atoms with van der Waals surface area (Å²) >= 11 is 6.05. The van der Waals surface area contributed by atoms with Gasteiger partial charge in [-0.25, -0.2) is 8.42 Å². The monoisotopic (exact) mass is 394 g/mol. The van der Waals surface area contributed by atoms with Gasteiger partial charge in [0.1, 0.15) is 0 Å². The number of anilines is 1. The molecule has 7 heteroatoms. The van der Waals surface area contributed by atoms with E-state index in [0.717, 1.165) is 18.4 Å². The molecule has 5 nitrogen and oxygen atoms in total. The number of halogens is 1. The second-order valence-corrected chi connectivity index (χ2v) is 8.20. The lowest BCUT2D eigenvalue weighted by atomic mass is 10.2. The van der Waals surface area contributed by atoms with Crippen molar-refractivity contribution in [3.8, 4) is 0 Å². The highest BCUT2D eigenvalue weighted by atomic mass is 35.5. The Bertz CT molecular complexity index is 836. The number of rotatable bonds is 9. The van der Waals surface area contributed by atoms with Crippen molar-refractivity contribution in [1.29, 1.82) is 0 Å². The molecule has 2 N–H and O–H groups in total. The van der Waals surface area contributed by atoms with Gasteiger partial charge in [-0.2, -0.15) is 0 Å². The van der Waals surface area contributed by atoms with Crippen LogP contribution >= 0.6 is 11.6 Å². The van der Waals surface area contributed by atoms with Crippen LogP contribution in [-0.2, 0) is 16.4 Å². The van der Waals surface area contributed by atoms with Crippen molar-refractivity contribution in [3.63, 3.8) is 0 Å². The SMILES string of the molecule is CCCCNC(=O)c1ccc(NS(=O)(=O)CCc2ccccc2Cl)cc1. The molecule has 2 aromatic carbocycles. The molecule has 0 fully saturated rings. The molecule has 2 aromatic rings. The number of amides is 1. The summed E-state index contributed by atoms with van der Waals surface area (Å²) in [6.45, 7) is 2.69. The minimum absolute atomic E-state index is 0.0734. The second-order valence-electron chi connectivity index (χ2n) is 5.95. The lowest BCUT2D eigenvalue weighted by molar-refractivity contribution is 0.0953. The number of hydrogen-bond acceptors (Lipinski definition) is 3. The Morgan fingerprint density at radius 2 is 1.77 bits per heavy atom. The van der Waals surface area contributed by atoms with Gasteiger partial charge in [0, 0.05) is 22.8 Å². The molecule has 0 bridgehead atoms. The third kappa shape index (κ3) is 6.35. The zero-order valence-electron chi connectivity index (χ0n) is 14.7. The van der Waals surface area contributed by atoms with Gasteiger partial charge in [-0.05, 0) is 48.7 Å². The maximum absolute atomic E-state index is 12.2. The summed E-state index contributed by atoms with van der Waals surface area (Å²) in [6.07, 6.45) is 2.26. The average Bonchev–Trinajstić information content (AvgIpc) is 2.61. The number of benzene rings is 2. The van der Waals surface area contributed by atoms with Crippen molar-refractivity contribution in [3.05, 3.63) is 64.7 Å². The summed E-state index contributed by atoms with van der Waals surface area (Å²) in [5.74, 6) is -0.234. The number of sulfonamides is 1. The fourth-order valence-corrected chi connectivity index (χ4v) is 3.66. The number of carbonyl (C=O) groups excluding carboxylic acids is 1. The lowest BCUT2D eigenvalue weighted by Crippen LogP contribution is -2.24. The van der Waals surface area contributed by atoms with E-state index in [-0.39, 0.29) is 11.7 Å². The van der Waals surface area contributed by atoms with Crippen LogP contribution in [0, 0.1) is 0 Å². The van der Waals surface area contributed by atoms with E-state index in [2.05, 4.69) is 17.0 Å². The first-order valence-corrected chi connectivity index (χ1v) is 10.6. The number of nitrogens with one attached hydrogen (secondary N) is 2. The summed E-state index contributed by atoms with van der Waals surface area (Å²) in [5, 5.41) is 3.38. The first-order valence-electron chi connectivity index (χ1n) is 8.53. The van der Waals surface area contributed by atoms with Gasteiger partial charge in [0.15, 0.2) is 0 Å². The van der Waals surface area contributed by atoms with Crippen molar-refractivity contribution in [2.45, 2.75) is 26.2 Å². The standard InChI is InChI=1S/C19H23ClN2O3S/c1-2-3-13-21-19(23)16-8-10-17(11-9-16)22-26(24,25)14-12-15-6-4-5-7-18(15)20/h4-11,22H,2-3,12-14H2,1H3,(H,21,23). The molecule has 0 saturated heterocycles. The Morgan fingerprint density at radius 1 is 1.08 bits per heavy atom. The Kier molecular flexibility index (Phi) is 7.48. The van der Waals surface area contributed by atoms with Crippen LogP contribution in [0.4, 0.5) is 5.69 Å². The van der Waals surface area contributed by atoms with Gasteiger partial charge in [-0.15, -0.1) is 0 Å². The Morgan fingerprint density at radius 3 is 2.42 bits per heavy atom. The highest BCUT2D eigenvalue weighted by molar-refractivity contribution is 7.92. The lowest BCUT2D eigenvalue weighted by Gasteiger charge is -2.10. The first kappa shape index (κ1) is 20.3. The van der Waals surface area contributed by atoms with E-state index in [1.165, 1.54) is 0 Å².